The number of nitrogens with one attached hydrogen (secondary N) is 2. The smallest absolute Gasteiger partial charge is 0.255 e. The molecule has 0 spiro atoms. The number of hydrogen-bond donors (Lipinski definition) is 2. The molecule has 5 rings (SSSR count). The van der Waals surface area contributed by atoms with E-state index in [-0.39, 0.29) is 24.1 Å². The van der Waals surface area contributed by atoms with E-state index >= 15 is 0 Å². The summed E-state index contributed by atoms with van der Waals surface area (Å²) in [5.41, 5.74) is 2.82. The van der Waals surface area contributed by atoms with Gasteiger partial charge in [0, 0.05) is 43.7 Å². The van der Waals surface area contributed by atoms with Crippen molar-refractivity contribution in [3.05, 3.63) is 34.9 Å². The third-order valence-electron chi connectivity index (χ3n) is 6.69. The van der Waals surface area contributed by atoms with Gasteiger partial charge in [-0.05, 0) is 49.8 Å². The highest BCUT2D eigenvalue weighted by Gasteiger charge is 2.40. The van der Waals surface area contributed by atoms with Crippen molar-refractivity contribution >= 4 is 17.7 Å². The molecule has 1 aromatic carbocycles. The topological polar surface area (TPSA) is 81.8 Å². The summed E-state index contributed by atoms with van der Waals surface area (Å²) in [6, 6.07) is 6.68. The van der Waals surface area contributed by atoms with Gasteiger partial charge in [0.1, 0.15) is 6.04 Å². The Morgan fingerprint density at radius 2 is 1.97 bits per heavy atom. The van der Waals surface area contributed by atoms with E-state index in [1.165, 1.54) is 25.7 Å². The quantitative estimate of drug-likeness (QED) is 0.706. The van der Waals surface area contributed by atoms with E-state index < -0.39 is 6.04 Å². The molecule has 2 unspecified atom stereocenters. The average molecular weight is 396 g/mol. The fourth-order valence-corrected chi connectivity index (χ4v) is 5.02. The molecule has 2 saturated heterocycles. The maximum Gasteiger partial charge on any atom is 0.255 e. The second-order valence-corrected chi connectivity index (χ2v) is 8.81. The number of hydrogen-bond acceptors (Lipinski definition) is 5. The largest absolute Gasteiger partial charge is 0.322 e. The van der Waals surface area contributed by atoms with Gasteiger partial charge in [0.15, 0.2) is 0 Å². The van der Waals surface area contributed by atoms with Gasteiger partial charge < -0.3 is 10.2 Å². The van der Waals surface area contributed by atoms with Gasteiger partial charge in [0.05, 0.1) is 0 Å². The summed E-state index contributed by atoms with van der Waals surface area (Å²) in [6.45, 7) is 3.35. The summed E-state index contributed by atoms with van der Waals surface area (Å²) in [5, 5.41) is 5.96. The molecule has 0 aromatic heterocycles. The van der Waals surface area contributed by atoms with Crippen molar-refractivity contribution in [2.45, 2.75) is 69.7 Å². The Morgan fingerprint density at radius 3 is 2.69 bits per heavy atom. The van der Waals surface area contributed by atoms with Crippen LogP contribution in [0.25, 0.3) is 0 Å². The van der Waals surface area contributed by atoms with Gasteiger partial charge in [0.2, 0.25) is 11.8 Å². The minimum atomic E-state index is -0.553. The Hall–Kier alpha value is -2.25. The maximum atomic E-state index is 13.3. The number of carbonyl (C=O) groups is 3. The first-order valence-electron chi connectivity index (χ1n) is 10.8. The Morgan fingerprint density at radius 1 is 1.10 bits per heavy atom. The predicted octanol–water partition coefficient (Wildman–Crippen LogP) is 1.16. The third kappa shape index (κ3) is 3.69. The van der Waals surface area contributed by atoms with Crippen LogP contribution >= 0.6 is 0 Å². The maximum absolute atomic E-state index is 13.3. The molecule has 154 valence electrons. The van der Waals surface area contributed by atoms with E-state index in [0.29, 0.717) is 25.0 Å². The fourth-order valence-electron chi connectivity index (χ4n) is 5.02. The zero-order chi connectivity index (χ0) is 20.0. The Balaban J connectivity index is 1.35. The first kappa shape index (κ1) is 18.8. The van der Waals surface area contributed by atoms with Crippen LogP contribution in [-0.2, 0) is 22.7 Å². The molecule has 2 N–H and O–H groups in total. The molecule has 3 amide bonds. The van der Waals surface area contributed by atoms with Crippen molar-refractivity contribution in [2.24, 2.45) is 0 Å². The number of amides is 3. The van der Waals surface area contributed by atoms with Crippen molar-refractivity contribution in [1.82, 2.24) is 20.4 Å². The first-order valence-corrected chi connectivity index (χ1v) is 10.8. The van der Waals surface area contributed by atoms with Crippen LogP contribution in [-0.4, -0.2) is 58.7 Å². The number of benzene rings is 1. The number of fused-ring (bicyclic) bond motifs is 1. The number of nitrogens with zero attached hydrogens (tertiary/aromatic N) is 2. The number of carbonyl (C=O) groups excluding carboxylic acids is 3. The van der Waals surface area contributed by atoms with Gasteiger partial charge in [-0.3, -0.25) is 24.6 Å². The molecule has 0 radical (unpaired) electrons. The Labute approximate surface area is 170 Å². The summed E-state index contributed by atoms with van der Waals surface area (Å²) in [6.07, 6.45) is 5.62. The number of imide groups is 1. The SMILES string of the molecule is O=C1CCC(N2Cc3cccc(CN(CC4CCCN4)C4CC4)c3C2=O)C(=O)N1. The molecule has 1 aromatic rings. The first-order chi connectivity index (χ1) is 14.1. The fraction of sp³-hybridized carbons (Fsp3) is 0.591. The lowest BCUT2D eigenvalue weighted by Crippen LogP contribution is -2.52. The van der Waals surface area contributed by atoms with Crippen LogP contribution in [0.1, 0.15) is 60.0 Å². The van der Waals surface area contributed by atoms with Crippen molar-refractivity contribution in [3.63, 3.8) is 0 Å². The highest BCUT2D eigenvalue weighted by molar-refractivity contribution is 6.05. The van der Waals surface area contributed by atoms with E-state index in [2.05, 4.69) is 21.6 Å². The molecule has 1 saturated carbocycles. The van der Waals surface area contributed by atoms with Gasteiger partial charge >= 0.3 is 0 Å². The van der Waals surface area contributed by atoms with Crippen LogP contribution in [0, 0.1) is 0 Å². The zero-order valence-electron chi connectivity index (χ0n) is 16.7. The van der Waals surface area contributed by atoms with E-state index in [4.69, 9.17) is 0 Å². The summed E-state index contributed by atoms with van der Waals surface area (Å²) < 4.78 is 0. The van der Waals surface area contributed by atoms with E-state index in [0.717, 1.165) is 36.3 Å². The van der Waals surface area contributed by atoms with Gasteiger partial charge in [-0.1, -0.05) is 18.2 Å². The Kier molecular flexibility index (Phi) is 4.87. The molecule has 3 aliphatic heterocycles. The van der Waals surface area contributed by atoms with Crippen LogP contribution in [0.15, 0.2) is 18.2 Å². The molecule has 4 aliphatic rings. The average Bonchev–Trinajstić information content (AvgIpc) is 3.32. The van der Waals surface area contributed by atoms with E-state index in [1.54, 1.807) is 4.90 Å². The lowest BCUT2D eigenvalue weighted by Gasteiger charge is -2.29. The van der Waals surface area contributed by atoms with Crippen LogP contribution in [0.3, 0.4) is 0 Å². The number of piperidine rings is 1. The van der Waals surface area contributed by atoms with Crippen LogP contribution in [0.4, 0.5) is 0 Å². The normalized spacial score (nSPS) is 26.9. The molecular formula is C22H28N4O3. The molecule has 29 heavy (non-hydrogen) atoms. The van der Waals surface area contributed by atoms with Gasteiger partial charge in [0.25, 0.3) is 5.91 Å². The summed E-state index contributed by atoms with van der Waals surface area (Å²) in [7, 11) is 0. The van der Waals surface area contributed by atoms with Crippen molar-refractivity contribution in [1.29, 1.82) is 0 Å². The van der Waals surface area contributed by atoms with Crippen LogP contribution in [0.5, 0.6) is 0 Å². The lowest BCUT2D eigenvalue weighted by atomic mass is 10.0. The summed E-state index contributed by atoms with van der Waals surface area (Å²) in [5.74, 6) is -0.674. The van der Waals surface area contributed by atoms with Crippen LogP contribution in [0.2, 0.25) is 0 Å². The lowest BCUT2D eigenvalue weighted by molar-refractivity contribution is -0.136. The predicted molar refractivity (Wildman–Crippen MR) is 107 cm³/mol. The van der Waals surface area contributed by atoms with E-state index in [1.807, 2.05) is 12.1 Å². The zero-order valence-corrected chi connectivity index (χ0v) is 16.7. The highest BCUT2D eigenvalue weighted by atomic mass is 16.2. The molecule has 0 bridgehead atoms. The summed E-state index contributed by atoms with van der Waals surface area (Å²) in [4.78, 5) is 41.2. The molecule has 1 aliphatic carbocycles. The van der Waals surface area contributed by atoms with Crippen molar-refractivity contribution < 1.29 is 14.4 Å². The van der Waals surface area contributed by atoms with E-state index in [9.17, 15) is 14.4 Å². The molecular weight excluding hydrogens is 368 g/mol. The standard InChI is InChI=1S/C22H28N4O3/c27-19-9-8-18(21(28)24-19)26-12-15-4-1-3-14(20(15)22(26)29)11-25(17-6-7-17)13-16-5-2-10-23-16/h1,3-4,16-18,23H,2,5-13H2,(H,24,27,28). The highest BCUT2D eigenvalue weighted by Crippen LogP contribution is 2.33. The van der Waals surface area contributed by atoms with Crippen molar-refractivity contribution in [3.8, 4) is 0 Å². The minimum Gasteiger partial charge on any atom is -0.322 e. The van der Waals surface area contributed by atoms with Gasteiger partial charge in [-0.15, -0.1) is 0 Å². The summed E-state index contributed by atoms with van der Waals surface area (Å²) >= 11 is 0. The van der Waals surface area contributed by atoms with Crippen LogP contribution < -0.4 is 10.6 Å². The third-order valence-corrected chi connectivity index (χ3v) is 6.69. The monoisotopic (exact) mass is 396 g/mol. The number of rotatable bonds is 6. The molecule has 3 heterocycles. The molecule has 2 atom stereocenters. The second-order valence-electron chi connectivity index (χ2n) is 8.81. The van der Waals surface area contributed by atoms with Gasteiger partial charge in [-0.2, -0.15) is 0 Å². The molecule has 7 heteroatoms. The molecule has 3 fully saturated rings. The second kappa shape index (κ2) is 7.54. The van der Waals surface area contributed by atoms with Gasteiger partial charge in [-0.25, -0.2) is 0 Å². The minimum absolute atomic E-state index is 0.0696. The molecule has 7 nitrogen and oxygen atoms in total. The Bertz CT molecular complexity index is 844. The van der Waals surface area contributed by atoms with Crippen molar-refractivity contribution in [2.75, 3.05) is 13.1 Å².